The number of carbonyl (C=O) groups excluding carboxylic acids is 1. The molecule has 112 heavy (non-hydrogen) atoms. The lowest BCUT2D eigenvalue weighted by atomic mass is 10.1. The Morgan fingerprint density at radius 1 is 0.455 bits per heavy atom. The molecule has 8 N–H and O–H groups in total. The highest BCUT2D eigenvalue weighted by molar-refractivity contribution is 7.49. The van der Waals surface area contributed by atoms with Gasteiger partial charge in [-0.1, -0.05) is 79.4 Å². The van der Waals surface area contributed by atoms with Gasteiger partial charge in [-0.15, -0.1) is 0 Å². The number of ether oxygens (including phenoxy) is 4. The molecule has 9 aliphatic rings. The number of halogens is 4. The normalized spacial score (nSPS) is 35.0. The molecule has 600 valence electrons. The molecule has 0 radical (unpaired) electrons. The Labute approximate surface area is 634 Å². The van der Waals surface area contributed by atoms with Gasteiger partial charge in [-0.25, -0.2) is 50.2 Å². The molecule has 0 aliphatic carbocycles. The van der Waals surface area contributed by atoms with Crippen LogP contribution < -0.4 is 57.2 Å². The van der Waals surface area contributed by atoms with Gasteiger partial charge in [-0.3, -0.25) is 84.0 Å². The van der Waals surface area contributed by atoms with E-state index >= 15 is 17.6 Å². The van der Waals surface area contributed by atoms with Gasteiger partial charge in [0, 0.05) is 97.0 Å². The van der Waals surface area contributed by atoms with Gasteiger partial charge in [-0.2, -0.15) is 0 Å². The fourth-order valence-electron chi connectivity index (χ4n) is 11.3. The number of nitrogens with one attached hydrogen (secondary N) is 4. The number of hydrogen-bond donors (Lipinski definition) is 8. The predicted octanol–water partition coefficient (Wildman–Crippen LogP) is 5.56. The van der Waals surface area contributed by atoms with E-state index in [2.05, 4.69) is 11.9 Å². The van der Waals surface area contributed by atoms with Crippen molar-refractivity contribution in [3.8, 4) is 23.0 Å². The number of H-pyrrole nitrogens is 3. The van der Waals surface area contributed by atoms with Gasteiger partial charge in [0.25, 0.3) is 22.6 Å². The average Bonchev–Trinajstić information content (AvgIpc) is 1.57. The molecule has 7 aromatic rings. The Balaban J connectivity index is 0.000000136. The van der Waals surface area contributed by atoms with E-state index in [1.54, 1.807) is 84.9 Å². The number of benzene rings is 4. The van der Waals surface area contributed by atoms with E-state index in [0.717, 1.165) is 58.5 Å². The van der Waals surface area contributed by atoms with Gasteiger partial charge >= 0.3 is 48.4 Å². The number of amides is 1. The van der Waals surface area contributed by atoms with E-state index in [9.17, 15) is 72.2 Å². The highest BCUT2D eigenvalue weighted by atomic mass is 31.2. The minimum Gasteiger partial charge on any atom is -0.404 e. The molecule has 4 unspecified atom stereocenters. The third-order valence-electron chi connectivity index (χ3n) is 16.6. The maximum absolute atomic E-state index is 15.6. The van der Waals surface area contributed by atoms with E-state index in [4.69, 9.17) is 81.5 Å². The Morgan fingerprint density at radius 2 is 0.777 bits per heavy atom. The first-order valence-corrected chi connectivity index (χ1v) is 38.6. The van der Waals surface area contributed by atoms with Crippen LogP contribution in [0.3, 0.4) is 0 Å². The predicted molar refractivity (Wildman–Crippen MR) is 367 cm³/mol. The van der Waals surface area contributed by atoms with Crippen LogP contribution in [0, 0.1) is 0 Å². The van der Waals surface area contributed by atoms with Crippen molar-refractivity contribution < 1.29 is 142 Å². The van der Waals surface area contributed by atoms with E-state index in [1.807, 2.05) is 15.0 Å². The fraction of sp³-hybridized carbons (Fsp3) is 0.369. The number of aromatic amines is 3. The maximum atomic E-state index is 15.6. The van der Waals surface area contributed by atoms with Crippen LogP contribution in [-0.2, 0) is 105 Å². The average molecular weight is 1660 g/mol. The zero-order valence-corrected chi connectivity index (χ0v) is 60.6. The summed E-state index contributed by atoms with van der Waals surface area (Å²) in [5.41, 5.74) is -2.68. The maximum Gasteiger partial charge on any atom is 0.530 e. The van der Waals surface area contributed by atoms with Crippen LogP contribution in [0.5, 0.6) is 23.0 Å². The number of rotatable bonds is 16. The highest BCUT2D eigenvalue weighted by Crippen LogP contribution is 2.60. The second-order valence-electron chi connectivity index (χ2n) is 24.9. The fourth-order valence-corrected chi connectivity index (χ4v) is 16.0. The quantitative estimate of drug-likeness (QED) is 0.0433. The number of aromatic nitrogens is 6. The largest absolute Gasteiger partial charge is 0.530 e. The molecule has 0 bridgehead atoms. The van der Waals surface area contributed by atoms with Crippen molar-refractivity contribution in [2.45, 2.75) is 125 Å². The molecule has 39 nitrogen and oxygen atoms in total. The molecule has 16 atom stereocenters. The number of aliphatic hydroxyl groups is 4. The molecular formula is C65H66F4N8O31P4. The Morgan fingerprint density at radius 3 is 1.18 bits per heavy atom. The number of para-hydroxylation sites is 4. The van der Waals surface area contributed by atoms with Crippen molar-refractivity contribution >= 4 is 37.2 Å². The van der Waals surface area contributed by atoms with Crippen LogP contribution in [0.15, 0.2) is 187 Å². The summed E-state index contributed by atoms with van der Waals surface area (Å²) in [5.74, 6) is -12.1. The number of nitrogens with zero attached hydrogens (tertiary/aromatic N) is 4. The third-order valence-corrected chi connectivity index (χ3v) is 21.6. The smallest absolute Gasteiger partial charge is 0.404 e. The van der Waals surface area contributed by atoms with Gasteiger partial charge in [0.1, 0.15) is 79.6 Å². The molecule has 0 spiro atoms. The van der Waals surface area contributed by atoms with Crippen molar-refractivity contribution in [1.29, 1.82) is 0 Å². The number of aliphatic hydroxyl groups excluding tert-OH is 4. The number of hydrogen-bond acceptors (Lipinski definition) is 32. The summed E-state index contributed by atoms with van der Waals surface area (Å²) in [5, 5.41) is 43.0. The van der Waals surface area contributed by atoms with Gasteiger partial charge < -0.3 is 67.7 Å². The summed E-state index contributed by atoms with van der Waals surface area (Å²) in [6.07, 6.45) is -13.4. The van der Waals surface area contributed by atoms with Gasteiger partial charge in [0.2, 0.25) is 23.4 Å². The SMILES string of the molecule is O=c1ccn([C@@H]2O[C@](F)(COP3(=O)OCc4ccccc4O3)C[C@H]2O)c(=O)[nH]1.[2H]C([2H])(OP1(=O)OCc2ccccc2O1)[C@]1(F)C[C@@H](O)[C@H](n2ccc(=O)[nH]c2=O)O1.[2H]C([2H])(OP1(=O)OCc2ccccc2O1)[C@]1(F)C[C@@H](O)[C@]([2H])(N2C=CC(=O)NC2=C)O1.[2H][C@@]1(n2ccc(=O)[nH]c2=O)O[C@](F)(COP2(=O)OCc3ccccc3O2)C[C@H]1O. The molecule has 1 amide bonds. The van der Waals surface area contributed by atoms with Crippen LogP contribution in [0.4, 0.5) is 17.6 Å². The van der Waals surface area contributed by atoms with Gasteiger partial charge in [0.05, 0.1) is 34.7 Å². The summed E-state index contributed by atoms with van der Waals surface area (Å²) >= 11 is 0. The van der Waals surface area contributed by atoms with Crippen molar-refractivity contribution in [2.75, 3.05) is 26.3 Å². The zero-order valence-electron chi connectivity index (χ0n) is 63.0. The first kappa shape index (κ1) is 73.1. The first-order chi connectivity index (χ1) is 55.3. The van der Waals surface area contributed by atoms with Crippen LogP contribution >= 0.6 is 31.3 Å². The molecule has 47 heteroatoms. The standard InChI is InChI=1S/C17H18FN2O7P.3C16H16FN2O8P/c1-11-19-15(22)6-7-20(11)16-13(21)8-17(18,26-16)10-25-28(23)24-9-12-4-2-3-5-14(12)27-28;3*17-16(7-11(20)14(26-16)19-6-5-13(21)18-15(19)22)9-25-28(23)24-8-10-3-1-2-4-12(10)27-28/h2-7,13,16,21H,1,8-10H2,(H,19,22);3*1-6,11,14,20H,7-9H2,(H,18,21,22)/t13-,16-,17+,28?;3*11-,14-,16+,28?/m1111/s1/i10D2,16D;14D;9D2;. The number of alkyl halides is 4. The van der Waals surface area contributed by atoms with Crippen LogP contribution in [0.25, 0.3) is 0 Å². The lowest BCUT2D eigenvalue weighted by Crippen LogP contribution is -2.45. The zero-order chi connectivity index (χ0) is 85.2. The number of carbonyl (C=O) groups is 1. The van der Waals surface area contributed by atoms with E-state index in [1.165, 1.54) is 12.1 Å². The third kappa shape index (κ3) is 18.9. The highest BCUT2D eigenvalue weighted by Gasteiger charge is 2.55. The number of phosphoric ester groups is 4. The minimum absolute atomic E-state index is 0.0361. The second-order valence-corrected chi connectivity index (χ2v) is 31.1. The molecule has 4 aromatic carbocycles. The molecule has 4 fully saturated rings. The Bertz CT molecular complexity index is 5690. The van der Waals surface area contributed by atoms with Crippen LogP contribution in [-0.4, -0.2) is 140 Å². The summed E-state index contributed by atoms with van der Waals surface area (Å²) in [7, 11) is -17.5. The first-order valence-electron chi connectivity index (χ1n) is 35.7. The van der Waals surface area contributed by atoms with Crippen molar-refractivity contribution in [2.24, 2.45) is 0 Å². The van der Waals surface area contributed by atoms with Crippen LogP contribution in [0.2, 0.25) is 0 Å². The van der Waals surface area contributed by atoms with Crippen molar-refractivity contribution in [3.63, 3.8) is 0 Å². The Hall–Kier alpha value is -9.13. The lowest BCUT2D eigenvalue weighted by molar-refractivity contribution is -0.184. The molecule has 4 saturated heterocycles. The lowest BCUT2D eigenvalue weighted by Gasteiger charge is -2.33. The van der Waals surface area contributed by atoms with Crippen molar-refractivity contribution in [3.05, 3.63) is 243 Å². The van der Waals surface area contributed by atoms with Gasteiger partial charge in [0.15, 0.2) is 24.9 Å². The summed E-state index contributed by atoms with van der Waals surface area (Å²) in [6.45, 7) is -5.79. The van der Waals surface area contributed by atoms with Crippen molar-refractivity contribution in [1.82, 2.24) is 38.9 Å². The summed E-state index contributed by atoms with van der Waals surface area (Å²) in [4.78, 5) is 87.2. The molecule has 16 rings (SSSR count). The molecule has 12 heterocycles. The van der Waals surface area contributed by atoms with E-state index < -0.39 is 196 Å². The summed E-state index contributed by atoms with van der Waals surface area (Å²) in [6, 6.07) is 29.0. The van der Waals surface area contributed by atoms with Crippen LogP contribution in [0.1, 0.15) is 74.8 Å². The number of phosphoric acid groups is 4. The summed E-state index contributed by atoms with van der Waals surface area (Å²) < 4.78 is 243. The second kappa shape index (κ2) is 32.4. The topological polar surface area (TPSA) is 494 Å². The molecule has 3 aromatic heterocycles. The van der Waals surface area contributed by atoms with Gasteiger partial charge in [-0.05, 0) is 24.3 Å². The molecule has 9 aliphatic heterocycles. The monoisotopic (exact) mass is 1660 g/mol. The Kier molecular flexibility index (Phi) is 21.1. The number of fused-ring (bicyclic) bond motifs is 4. The van der Waals surface area contributed by atoms with E-state index in [-0.39, 0.29) is 49.5 Å². The minimum atomic E-state index is -4.62. The molecular weight excluding hydrogens is 1590 g/mol. The van der Waals surface area contributed by atoms with E-state index in [0.29, 0.717) is 37.1 Å². The molecule has 0 saturated carbocycles.